The molecule has 152 valence electrons. The quantitative estimate of drug-likeness (QED) is 0.711. The first-order chi connectivity index (χ1) is 14.7. The number of rotatable bonds is 3. The third-order valence-electron chi connectivity index (χ3n) is 6.06. The summed E-state index contributed by atoms with van der Waals surface area (Å²) in [7, 11) is 2.24. The molecular weight excluding hydrogens is 374 g/mol. The van der Waals surface area contributed by atoms with Crippen LogP contribution in [0, 0.1) is 0 Å². The van der Waals surface area contributed by atoms with Gasteiger partial charge in [-0.15, -0.1) is 0 Å². The van der Waals surface area contributed by atoms with Crippen molar-refractivity contribution < 1.29 is 14.4 Å². The molecule has 0 aromatic heterocycles. The van der Waals surface area contributed by atoms with Gasteiger partial charge in [-0.2, -0.15) is 0 Å². The highest BCUT2D eigenvalue weighted by Crippen LogP contribution is 2.44. The summed E-state index contributed by atoms with van der Waals surface area (Å²) in [5.41, 5.74) is 3.81. The zero-order chi connectivity index (χ0) is 20.5. The minimum Gasteiger partial charge on any atom is -0.457 e. The average molecular weight is 401 g/mol. The first kappa shape index (κ1) is 18.7. The van der Waals surface area contributed by atoms with E-state index >= 15 is 0 Å². The van der Waals surface area contributed by atoms with E-state index in [-0.39, 0.29) is 5.91 Å². The van der Waals surface area contributed by atoms with Crippen LogP contribution in [0.25, 0.3) is 0 Å². The van der Waals surface area contributed by atoms with E-state index in [1.165, 1.54) is 5.69 Å². The van der Waals surface area contributed by atoms with Crippen molar-refractivity contribution in [3.05, 3.63) is 83.9 Å². The number of ether oxygens (including phenoxy) is 1. The third-order valence-corrected chi connectivity index (χ3v) is 6.06. The number of carbonyl (C=O) groups excluding carboxylic acids is 1. The van der Waals surface area contributed by atoms with E-state index in [9.17, 15) is 4.79 Å². The van der Waals surface area contributed by atoms with Gasteiger partial charge in [-0.05, 0) is 36.4 Å². The molecule has 0 aliphatic carbocycles. The molecule has 0 radical (unpaired) electrons. The number of fused-ring (bicyclic) bond motifs is 2. The number of benzene rings is 3. The van der Waals surface area contributed by atoms with Crippen LogP contribution in [-0.4, -0.2) is 39.1 Å². The summed E-state index contributed by atoms with van der Waals surface area (Å²) in [6.45, 7) is 4.43. The predicted molar refractivity (Wildman–Crippen MR) is 119 cm³/mol. The van der Waals surface area contributed by atoms with E-state index < -0.39 is 5.92 Å². The van der Waals surface area contributed by atoms with Gasteiger partial charge in [-0.25, -0.2) is 0 Å². The molecule has 0 bridgehead atoms. The summed E-state index contributed by atoms with van der Waals surface area (Å²) in [4.78, 5) is 17.3. The van der Waals surface area contributed by atoms with Crippen molar-refractivity contribution in [3.63, 3.8) is 0 Å². The number of nitrogens with one attached hydrogen (secondary N) is 2. The summed E-state index contributed by atoms with van der Waals surface area (Å²) < 4.78 is 6.01. The highest BCUT2D eigenvalue weighted by molar-refractivity contribution is 5.99. The predicted octanol–water partition coefficient (Wildman–Crippen LogP) is 2.90. The van der Waals surface area contributed by atoms with Crippen LogP contribution in [-0.2, 0) is 4.79 Å². The Morgan fingerprint density at radius 2 is 1.47 bits per heavy atom. The van der Waals surface area contributed by atoms with Gasteiger partial charge in [-0.1, -0.05) is 36.4 Å². The first-order valence-corrected chi connectivity index (χ1v) is 10.5. The zero-order valence-corrected chi connectivity index (χ0v) is 17.1. The lowest BCUT2D eigenvalue weighted by Gasteiger charge is -2.31. The van der Waals surface area contributed by atoms with E-state index in [1.807, 2.05) is 60.7 Å². The Morgan fingerprint density at radius 3 is 2.07 bits per heavy atom. The van der Waals surface area contributed by atoms with Gasteiger partial charge in [0.05, 0.1) is 39.1 Å². The maximum absolute atomic E-state index is 13.3. The van der Waals surface area contributed by atoms with Crippen LogP contribution >= 0.6 is 0 Å². The lowest BCUT2D eigenvalue weighted by molar-refractivity contribution is -0.880. The fraction of sp³-hybridized carbons (Fsp3) is 0.240. The van der Waals surface area contributed by atoms with Crippen molar-refractivity contribution in [2.24, 2.45) is 0 Å². The van der Waals surface area contributed by atoms with Gasteiger partial charge < -0.3 is 19.9 Å². The van der Waals surface area contributed by atoms with Crippen molar-refractivity contribution in [2.75, 3.05) is 43.4 Å². The Morgan fingerprint density at radius 1 is 0.900 bits per heavy atom. The molecule has 2 N–H and O–H groups in total. The molecular formula is C25H26N3O2+. The summed E-state index contributed by atoms with van der Waals surface area (Å²) in [6, 6.07) is 23.7. The van der Waals surface area contributed by atoms with Crippen molar-refractivity contribution in [3.8, 4) is 11.5 Å². The van der Waals surface area contributed by atoms with E-state index in [1.54, 1.807) is 4.90 Å². The molecule has 2 aliphatic rings. The Labute approximate surface area is 176 Å². The van der Waals surface area contributed by atoms with E-state index in [0.29, 0.717) is 0 Å². The topological polar surface area (TPSA) is 46.0 Å². The Bertz CT molecular complexity index is 1010. The molecule has 0 spiro atoms. The molecule has 1 saturated heterocycles. The maximum atomic E-state index is 13.3. The Hall–Kier alpha value is -3.31. The maximum Gasteiger partial charge on any atom is 0.236 e. The average Bonchev–Trinajstić information content (AvgIpc) is 2.78. The van der Waals surface area contributed by atoms with Crippen molar-refractivity contribution in [1.82, 2.24) is 0 Å². The molecule has 2 aliphatic heterocycles. The van der Waals surface area contributed by atoms with E-state index in [2.05, 4.69) is 29.4 Å². The van der Waals surface area contributed by atoms with Gasteiger partial charge in [0.15, 0.2) is 0 Å². The largest absolute Gasteiger partial charge is 0.457 e. The lowest BCUT2D eigenvalue weighted by Crippen LogP contribution is -3.12. The fourth-order valence-corrected chi connectivity index (χ4v) is 4.31. The second-order valence-corrected chi connectivity index (χ2v) is 8.09. The Balaban J connectivity index is 1.37. The van der Waals surface area contributed by atoms with Gasteiger partial charge >= 0.3 is 0 Å². The van der Waals surface area contributed by atoms with Crippen LogP contribution in [0.15, 0.2) is 72.8 Å². The van der Waals surface area contributed by atoms with Crippen LogP contribution in [0.1, 0.15) is 17.0 Å². The monoisotopic (exact) mass is 400 g/mol. The first-order valence-electron chi connectivity index (χ1n) is 10.5. The van der Waals surface area contributed by atoms with Gasteiger partial charge in [0.25, 0.3) is 0 Å². The molecule has 0 atom stereocenters. The summed E-state index contributed by atoms with van der Waals surface area (Å²) in [5.74, 6) is 1.04. The molecule has 5 rings (SSSR count). The molecule has 5 nitrogen and oxygen atoms in total. The minimum absolute atomic E-state index is 0.0471. The standard InChI is InChI=1S/C25H25N3O2/c1-27-14-16-28(17-15-27)19-12-10-18(11-13-19)26-25(29)24-20-6-2-4-8-22(20)30-23-9-5-3-7-21(23)24/h2-13,24H,14-17H2,1H3,(H,26,29)/p+1. The summed E-state index contributed by atoms with van der Waals surface area (Å²) >= 11 is 0. The highest BCUT2D eigenvalue weighted by atomic mass is 16.5. The van der Waals surface area contributed by atoms with Gasteiger partial charge in [0, 0.05) is 22.5 Å². The number of quaternary nitrogens is 1. The van der Waals surface area contributed by atoms with Gasteiger partial charge in [-0.3, -0.25) is 4.79 Å². The van der Waals surface area contributed by atoms with Crippen molar-refractivity contribution in [2.45, 2.75) is 5.92 Å². The molecule has 3 aromatic carbocycles. The van der Waals surface area contributed by atoms with E-state index in [0.717, 1.165) is 54.5 Å². The molecule has 1 fully saturated rings. The molecule has 1 amide bonds. The molecule has 5 heteroatoms. The van der Waals surface area contributed by atoms with Crippen molar-refractivity contribution >= 4 is 17.3 Å². The van der Waals surface area contributed by atoms with Gasteiger partial charge in [0.2, 0.25) is 5.91 Å². The minimum atomic E-state index is -0.397. The number of nitrogens with zero attached hydrogens (tertiary/aromatic N) is 1. The van der Waals surface area contributed by atoms with Crippen LogP contribution in [0.2, 0.25) is 0 Å². The number of para-hydroxylation sites is 2. The number of piperazine rings is 1. The molecule has 30 heavy (non-hydrogen) atoms. The number of amides is 1. The molecule has 0 saturated carbocycles. The normalized spacial score (nSPS) is 16.4. The van der Waals surface area contributed by atoms with E-state index in [4.69, 9.17) is 4.74 Å². The number of anilines is 2. The third kappa shape index (κ3) is 3.53. The summed E-state index contributed by atoms with van der Waals surface area (Å²) in [5, 5.41) is 3.11. The molecule has 2 heterocycles. The second kappa shape index (κ2) is 7.84. The fourth-order valence-electron chi connectivity index (χ4n) is 4.31. The van der Waals surface area contributed by atoms with Crippen LogP contribution in [0.3, 0.4) is 0 Å². The molecule has 3 aromatic rings. The smallest absolute Gasteiger partial charge is 0.236 e. The number of carbonyl (C=O) groups is 1. The number of hydrogen-bond donors (Lipinski definition) is 2. The SMILES string of the molecule is C[NH+]1CCN(c2ccc(NC(=O)C3c4ccccc4Oc4ccccc43)cc2)CC1. The highest BCUT2D eigenvalue weighted by Gasteiger charge is 2.32. The lowest BCUT2D eigenvalue weighted by atomic mass is 9.87. The summed E-state index contributed by atoms with van der Waals surface area (Å²) in [6.07, 6.45) is 0. The van der Waals surface area contributed by atoms with Crippen LogP contribution < -0.4 is 19.9 Å². The zero-order valence-electron chi connectivity index (χ0n) is 17.1. The van der Waals surface area contributed by atoms with Crippen molar-refractivity contribution in [1.29, 1.82) is 0 Å². The Kier molecular flexibility index (Phi) is 4.89. The van der Waals surface area contributed by atoms with Crippen LogP contribution in [0.5, 0.6) is 11.5 Å². The molecule has 0 unspecified atom stereocenters. The number of hydrogen-bond acceptors (Lipinski definition) is 3. The van der Waals surface area contributed by atoms with Crippen LogP contribution in [0.4, 0.5) is 11.4 Å². The second-order valence-electron chi connectivity index (χ2n) is 8.09. The van der Waals surface area contributed by atoms with Gasteiger partial charge in [0.1, 0.15) is 11.5 Å². The number of likely N-dealkylation sites (N-methyl/N-ethyl adjacent to an activating group) is 1.